The Hall–Kier alpha value is -1.09. The third-order valence-corrected chi connectivity index (χ3v) is 4.32. The minimum absolute atomic E-state index is 0.0627. The van der Waals surface area contributed by atoms with Gasteiger partial charge < -0.3 is 10.6 Å². The van der Waals surface area contributed by atoms with E-state index in [2.05, 4.69) is 4.72 Å². The van der Waals surface area contributed by atoms with Crippen molar-refractivity contribution >= 4 is 27.2 Å². The number of sulfonamides is 1. The van der Waals surface area contributed by atoms with Crippen molar-refractivity contribution in [2.75, 3.05) is 20.6 Å². The molecule has 1 unspecified atom stereocenters. The van der Waals surface area contributed by atoms with Gasteiger partial charge >= 0.3 is 0 Å². The number of hydrogen-bond acceptors (Lipinski definition) is 4. The Morgan fingerprint density at radius 3 is 2.60 bits per heavy atom. The van der Waals surface area contributed by atoms with Crippen molar-refractivity contribution in [2.45, 2.75) is 17.9 Å². The Bertz CT molecular complexity index is 603. The number of nitrogens with two attached hydrogens (primary N) is 1. The Labute approximate surface area is 124 Å². The summed E-state index contributed by atoms with van der Waals surface area (Å²) in [7, 11) is -0.0546. The fourth-order valence-electron chi connectivity index (χ4n) is 1.78. The van der Waals surface area contributed by atoms with Gasteiger partial charge in [-0.15, -0.1) is 0 Å². The molecule has 8 heteroatoms. The van der Waals surface area contributed by atoms with Crippen LogP contribution in [0.5, 0.6) is 0 Å². The second-order valence-corrected chi connectivity index (χ2v) is 6.94. The normalized spacial score (nSPS) is 13.4. The number of benzene rings is 1. The number of nitrogens with one attached hydrogen (secondary N) is 1. The van der Waals surface area contributed by atoms with Crippen LogP contribution in [0, 0.1) is 5.82 Å². The van der Waals surface area contributed by atoms with Crippen molar-refractivity contribution in [3.05, 3.63) is 29.6 Å². The van der Waals surface area contributed by atoms with Gasteiger partial charge in [0, 0.05) is 18.2 Å². The summed E-state index contributed by atoms with van der Waals surface area (Å²) < 4.78 is 40.3. The van der Waals surface area contributed by atoms with Gasteiger partial charge in [-0.05, 0) is 39.2 Å². The van der Waals surface area contributed by atoms with E-state index in [0.29, 0.717) is 6.54 Å². The van der Waals surface area contributed by atoms with Crippen molar-refractivity contribution in [1.29, 1.82) is 0 Å². The highest BCUT2D eigenvalue weighted by Crippen LogP contribution is 2.15. The molecular formula is C12H18FN3O2S2. The first-order valence-corrected chi connectivity index (χ1v) is 7.79. The van der Waals surface area contributed by atoms with Crippen LogP contribution in [-0.4, -0.2) is 45.0 Å². The summed E-state index contributed by atoms with van der Waals surface area (Å²) in [5.41, 5.74) is 5.28. The zero-order valence-corrected chi connectivity index (χ0v) is 13.2. The van der Waals surface area contributed by atoms with E-state index in [1.165, 1.54) is 6.07 Å². The summed E-state index contributed by atoms with van der Waals surface area (Å²) in [6.45, 7) is 2.29. The van der Waals surface area contributed by atoms with Crippen molar-refractivity contribution < 1.29 is 12.8 Å². The van der Waals surface area contributed by atoms with Gasteiger partial charge in [-0.2, -0.15) is 0 Å². The largest absolute Gasteiger partial charge is 0.389 e. The summed E-state index contributed by atoms with van der Waals surface area (Å²) in [5.74, 6) is -0.641. The van der Waals surface area contributed by atoms with E-state index in [1.54, 1.807) is 6.92 Å². The van der Waals surface area contributed by atoms with Crippen LogP contribution in [-0.2, 0) is 10.0 Å². The predicted molar refractivity (Wildman–Crippen MR) is 80.6 cm³/mol. The van der Waals surface area contributed by atoms with Gasteiger partial charge in [0.2, 0.25) is 10.0 Å². The molecule has 3 N–H and O–H groups in total. The average Bonchev–Trinajstić information content (AvgIpc) is 2.26. The van der Waals surface area contributed by atoms with E-state index < -0.39 is 15.8 Å². The molecule has 0 aliphatic heterocycles. The minimum Gasteiger partial charge on any atom is -0.389 e. The topological polar surface area (TPSA) is 75.4 Å². The quantitative estimate of drug-likeness (QED) is 0.755. The first-order chi connectivity index (χ1) is 9.13. The Kier molecular flexibility index (Phi) is 5.58. The molecule has 0 aromatic heterocycles. The highest BCUT2D eigenvalue weighted by atomic mass is 32.2. The molecule has 1 aromatic rings. The Morgan fingerprint density at radius 1 is 1.50 bits per heavy atom. The number of hydrogen-bond donors (Lipinski definition) is 2. The number of rotatable bonds is 6. The lowest BCUT2D eigenvalue weighted by atomic mass is 10.2. The maximum Gasteiger partial charge on any atom is 0.240 e. The molecular weight excluding hydrogens is 301 g/mol. The van der Waals surface area contributed by atoms with Crippen LogP contribution < -0.4 is 10.5 Å². The van der Waals surface area contributed by atoms with E-state index in [0.717, 1.165) is 12.1 Å². The second kappa shape index (κ2) is 6.57. The van der Waals surface area contributed by atoms with Crippen molar-refractivity contribution in [1.82, 2.24) is 9.62 Å². The molecule has 0 radical (unpaired) electrons. The average molecular weight is 319 g/mol. The minimum atomic E-state index is -3.74. The lowest BCUT2D eigenvalue weighted by Crippen LogP contribution is -2.39. The highest BCUT2D eigenvalue weighted by Gasteiger charge is 2.19. The van der Waals surface area contributed by atoms with Crippen LogP contribution in [0.3, 0.4) is 0 Å². The summed E-state index contributed by atoms with van der Waals surface area (Å²) in [6, 6.07) is 3.08. The molecule has 0 fully saturated rings. The summed E-state index contributed by atoms with van der Waals surface area (Å²) in [4.78, 5) is 1.62. The second-order valence-electron chi connectivity index (χ2n) is 4.79. The Morgan fingerprint density at radius 2 is 2.10 bits per heavy atom. The van der Waals surface area contributed by atoms with Gasteiger partial charge in [0.15, 0.2) is 0 Å². The van der Waals surface area contributed by atoms with E-state index in [-0.39, 0.29) is 21.5 Å². The molecule has 20 heavy (non-hydrogen) atoms. The summed E-state index contributed by atoms with van der Waals surface area (Å²) in [5, 5.41) is 0. The fraction of sp³-hybridized carbons (Fsp3) is 0.417. The molecule has 0 spiro atoms. The SMILES string of the molecule is CC(CN(C)C)NS(=O)(=O)c1ccc(F)c(C(N)=S)c1. The standard InChI is InChI=1S/C12H18FN3O2S2/c1-8(7-16(2)3)15-20(17,18)9-4-5-11(13)10(6-9)12(14)19/h4-6,8,15H,7H2,1-3H3,(H2,14,19). The van der Waals surface area contributed by atoms with Crippen LogP contribution in [0.1, 0.15) is 12.5 Å². The number of nitrogens with zero attached hydrogens (tertiary/aromatic N) is 1. The predicted octanol–water partition coefficient (Wildman–Crippen LogP) is 0.688. The van der Waals surface area contributed by atoms with Gasteiger partial charge in [0.25, 0.3) is 0 Å². The van der Waals surface area contributed by atoms with Crippen LogP contribution in [0.25, 0.3) is 0 Å². The first-order valence-electron chi connectivity index (χ1n) is 5.90. The zero-order chi connectivity index (χ0) is 15.5. The van der Waals surface area contributed by atoms with Crippen molar-refractivity contribution in [3.63, 3.8) is 0 Å². The third kappa shape index (κ3) is 4.48. The number of thiocarbonyl (C=S) groups is 1. The van der Waals surface area contributed by atoms with Gasteiger partial charge in [0.05, 0.1) is 4.90 Å². The zero-order valence-electron chi connectivity index (χ0n) is 11.6. The highest BCUT2D eigenvalue weighted by molar-refractivity contribution is 7.89. The third-order valence-electron chi connectivity index (χ3n) is 2.51. The Balaban J connectivity index is 3.04. The van der Waals surface area contributed by atoms with E-state index in [1.807, 2.05) is 19.0 Å². The molecule has 1 atom stereocenters. The van der Waals surface area contributed by atoms with Crippen LogP contribution in [0.2, 0.25) is 0 Å². The van der Waals surface area contributed by atoms with Gasteiger partial charge in [-0.3, -0.25) is 0 Å². The maximum atomic E-state index is 13.5. The van der Waals surface area contributed by atoms with E-state index >= 15 is 0 Å². The molecule has 1 aromatic carbocycles. The smallest absolute Gasteiger partial charge is 0.240 e. The fourth-order valence-corrected chi connectivity index (χ4v) is 3.20. The van der Waals surface area contributed by atoms with Gasteiger partial charge in [-0.25, -0.2) is 17.5 Å². The van der Waals surface area contributed by atoms with Crippen LogP contribution in [0.4, 0.5) is 4.39 Å². The van der Waals surface area contributed by atoms with Gasteiger partial charge in [-0.1, -0.05) is 12.2 Å². The molecule has 0 saturated heterocycles. The molecule has 0 amide bonds. The maximum absolute atomic E-state index is 13.5. The summed E-state index contributed by atoms with van der Waals surface area (Å²) >= 11 is 4.69. The van der Waals surface area contributed by atoms with Crippen molar-refractivity contribution in [3.8, 4) is 0 Å². The molecule has 1 rings (SSSR count). The van der Waals surface area contributed by atoms with Crippen LogP contribution >= 0.6 is 12.2 Å². The molecule has 0 heterocycles. The summed E-state index contributed by atoms with van der Waals surface area (Å²) in [6.07, 6.45) is 0. The number of likely N-dealkylation sites (N-methyl/N-ethyl adjacent to an activating group) is 1. The molecule has 5 nitrogen and oxygen atoms in total. The molecule has 0 aliphatic rings. The van der Waals surface area contributed by atoms with Gasteiger partial charge in [0.1, 0.15) is 10.8 Å². The van der Waals surface area contributed by atoms with Crippen LogP contribution in [0.15, 0.2) is 23.1 Å². The first kappa shape index (κ1) is 17.0. The lowest BCUT2D eigenvalue weighted by molar-refractivity contribution is 0.370. The number of halogens is 1. The monoisotopic (exact) mass is 319 g/mol. The van der Waals surface area contributed by atoms with E-state index in [9.17, 15) is 12.8 Å². The molecule has 112 valence electrons. The van der Waals surface area contributed by atoms with E-state index in [4.69, 9.17) is 18.0 Å². The molecule has 0 aliphatic carbocycles. The lowest BCUT2D eigenvalue weighted by Gasteiger charge is -2.18. The molecule has 0 saturated carbocycles. The van der Waals surface area contributed by atoms with Crippen molar-refractivity contribution in [2.24, 2.45) is 5.73 Å². The molecule has 0 bridgehead atoms.